The molecule has 3 aromatic rings. The van der Waals surface area contributed by atoms with E-state index in [4.69, 9.17) is 11.6 Å². The van der Waals surface area contributed by atoms with Crippen molar-refractivity contribution >= 4 is 29.4 Å². The summed E-state index contributed by atoms with van der Waals surface area (Å²) in [5, 5.41) is 15.6. The molecule has 0 aliphatic carbocycles. The highest BCUT2D eigenvalue weighted by Crippen LogP contribution is 2.34. The number of carboxylic acid groups (broad SMARTS) is 1. The number of hydrogen-bond donors (Lipinski definition) is 3. The highest BCUT2D eigenvalue weighted by atomic mass is 35.5. The molecule has 9 nitrogen and oxygen atoms in total. The number of aryl methyl sites for hydroxylation is 3. The van der Waals surface area contributed by atoms with Gasteiger partial charge in [0.05, 0.1) is 12.5 Å². The maximum atomic E-state index is 15.7. The van der Waals surface area contributed by atoms with Crippen molar-refractivity contribution in [1.29, 1.82) is 0 Å². The summed E-state index contributed by atoms with van der Waals surface area (Å²) in [6, 6.07) is 7.44. The molecule has 0 aliphatic rings. The fraction of sp³-hybridized carbons (Fsp3) is 0.412. The Kier molecular flexibility index (Phi) is 12.1. The zero-order valence-electron chi connectivity index (χ0n) is 26.8. The molecule has 2 atom stereocenters. The number of benzene rings is 2. The van der Waals surface area contributed by atoms with Gasteiger partial charge in [0.15, 0.2) is 0 Å². The quantitative estimate of drug-likeness (QED) is 0.234. The number of aliphatic carboxylic acids is 1. The van der Waals surface area contributed by atoms with Gasteiger partial charge in [-0.1, -0.05) is 25.4 Å². The van der Waals surface area contributed by atoms with Crippen LogP contribution in [-0.2, 0) is 16.1 Å². The van der Waals surface area contributed by atoms with E-state index < -0.39 is 47.7 Å². The average molecular weight is 641 g/mol. The van der Waals surface area contributed by atoms with Gasteiger partial charge in [-0.25, -0.2) is 4.39 Å². The van der Waals surface area contributed by atoms with Crippen molar-refractivity contribution in [2.45, 2.75) is 66.1 Å². The zero-order chi connectivity index (χ0) is 33.6. The van der Waals surface area contributed by atoms with Crippen LogP contribution in [0.4, 0.5) is 4.39 Å². The second-order valence-electron chi connectivity index (χ2n) is 12.1. The van der Waals surface area contributed by atoms with Gasteiger partial charge in [-0.2, -0.15) is 0 Å². The summed E-state index contributed by atoms with van der Waals surface area (Å²) in [4.78, 5) is 53.9. The van der Waals surface area contributed by atoms with Crippen LogP contribution in [0.2, 0.25) is 5.02 Å². The van der Waals surface area contributed by atoms with Crippen LogP contribution in [0.1, 0.15) is 65.3 Å². The number of carboxylic acids is 1. The number of carbonyl (C=O) groups excluding carboxylic acids is 2. The number of likely N-dealkylation sites (N-methyl/N-ethyl adjacent to an activating group) is 1. The lowest BCUT2D eigenvalue weighted by Gasteiger charge is -2.25. The average Bonchev–Trinajstić information content (AvgIpc) is 2.92. The molecule has 2 amide bonds. The SMILES string of the molecule is Cc1cc(-c2c(C)cc(Cl)cc2C)cc([C@H](CC(=O)O)NC(=O)[C@H](CC(C)C)NC(=O)c2cccn(CCN(C)C)c2=O)c1F. The van der Waals surface area contributed by atoms with Crippen LogP contribution < -0.4 is 16.2 Å². The van der Waals surface area contributed by atoms with Crippen LogP contribution in [0.25, 0.3) is 11.1 Å². The summed E-state index contributed by atoms with van der Waals surface area (Å²) in [6.07, 6.45) is 1.20. The van der Waals surface area contributed by atoms with E-state index in [0.717, 1.165) is 16.7 Å². The minimum Gasteiger partial charge on any atom is -0.481 e. The Balaban J connectivity index is 1.97. The Hall–Kier alpha value is -4.02. The summed E-state index contributed by atoms with van der Waals surface area (Å²) in [5.74, 6) is -3.35. The highest BCUT2D eigenvalue weighted by Gasteiger charge is 2.29. The van der Waals surface area contributed by atoms with Crippen molar-refractivity contribution in [2.75, 3.05) is 20.6 Å². The minimum atomic E-state index is -1.24. The van der Waals surface area contributed by atoms with Gasteiger partial charge in [0, 0.05) is 29.9 Å². The molecule has 242 valence electrons. The van der Waals surface area contributed by atoms with Gasteiger partial charge in [0.1, 0.15) is 17.4 Å². The van der Waals surface area contributed by atoms with Gasteiger partial charge >= 0.3 is 5.97 Å². The molecule has 1 aromatic heterocycles. The van der Waals surface area contributed by atoms with Crippen LogP contribution >= 0.6 is 11.6 Å². The number of amides is 2. The Morgan fingerprint density at radius 1 is 1.02 bits per heavy atom. The second-order valence-corrected chi connectivity index (χ2v) is 12.6. The summed E-state index contributed by atoms with van der Waals surface area (Å²) >= 11 is 6.22. The second kappa shape index (κ2) is 15.3. The standard InChI is InChI=1S/C34H42ClFN4O5/c1-19(2)13-28(38-32(43)25-9-8-10-40(34(25)45)12-11-39(6)7)33(44)37-27(18-29(41)42)26-17-23(14-22(5)31(26)36)30-20(3)15-24(35)16-21(30)4/h8-10,14-17,19,27-28H,11-13,18H2,1-7H3,(H,37,44)(H,38,43)(H,41,42)/t27-,28-/m0/s1. The van der Waals surface area contributed by atoms with Crippen molar-refractivity contribution in [3.63, 3.8) is 0 Å². The number of pyridine rings is 1. The zero-order valence-corrected chi connectivity index (χ0v) is 27.6. The lowest BCUT2D eigenvalue weighted by atomic mass is 9.90. The summed E-state index contributed by atoms with van der Waals surface area (Å²) in [6.45, 7) is 10.0. The third-order valence-corrected chi connectivity index (χ3v) is 7.74. The van der Waals surface area contributed by atoms with Gasteiger partial charge in [0.2, 0.25) is 5.91 Å². The molecule has 0 spiro atoms. The van der Waals surface area contributed by atoms with E-state index in [-0.39, 0.29) is 29.0 Å². The first kappa shape index (κ1) is 35.5. The van der Waals surface area contributed by atoms with E-state index >= 15 is 4.39 Å². The van der Waals surface area contributed by atoms with Crippen molar-refractivity contribution in [3.8, 4) is 11.1 Å². The summed E-state index contributed by atoms with van der Waals surface area (Å²) in [5.41, 5.74) is 2.87. The van der Waals surface area contributed by atoms with E-state index in [1.54, 1.807) is 43.5 Å². The van der Waals surface area contributed by atoms with Crippen LogP contribution in [0.5, 0.6) is 0 Å². The first-order valence-electron chi connectivity index (χ1n) is 14.8. The van der Waals surface area contributed by atoms with E-state index in [2.05, 4.69) is 10.6 Å². The van der Waals surface area contributed by atoms with Gasteiger partial charge in [-0.3, -0.25) is 19.2 Å². The molecule has 1 heterocycles. The Bertz CT molecular complexity index is 1610. The smallest absolute Gasteiger partial charge is 0.305 e. The largest absolute Gasteiger partial charge is 0.481 e. The van der Waals surface area contributed by atoms with Gasteiger partial charge < -0.3 is 25.2 Å². The fourth-order valence-corrected chi connectivity index (χ4v) is 5.71. The molecule has 0 saturated carbocycles. The molecular formula is C34H42ClFN4O5. The predicted molar refractivity (Wildman–Crippen MR) is 174 cm³/mol. The van der Waals surface area contributed by atoms with Gasteiger partial charge in [0.25, 0.3) is 11.5 Å². The van der Waals surface area contributed by atoms with Crippen LogP contribution in [0.3, 0.4) is 0 Å². The fourth-order valence-electron chi connectivity index (χ4n) is 5.38. The predicted octanol–water partition coefficient (Wildman–Crippen LogP) is 5.27. The minimum absolute atomic E-state index is 0.0101. The molecule has 11 heteroatoms. The molecule has 3 rings (SSSR count). The molecule has 0 radical (unpaired) electrons. The normalized spacial score (nSPS) is 12.7. The maximum Gasteiger partial charge on any atom is 0.305 e. The van der Waals surface area contributed by atoms with E-state index in [1.165, 1.54) is 10.6 Å². The van der Waals surface area contributed by atoms with Crippen molar-refractivity contribution < 1.29 is 23.9 Å². The number of nitrogens with one attached hydrogen (secondary N) is 2. The molecular weight excluding hydrogens is 599 g/mol. The van der Waals surface area contributed by atoms with E-state index in [9.17, 15) is 24.3 Å². The van der Waals surface area contributed by atoms with Crippen molar-refractivity contribution in [3.05, 3.63) is 91.6 Å². The maximum absolute atomic E-state index is 15.7. The van der Waals surface area contributed by atoms with Gasteiger partial charge in [-0.05, 0) is 111 Å². The molecule has 45 heavy (non-hydrogen) atoms. The van der Waals surface area contributed by atoms with Crippen LogP contribution in [0, 0.1) is 32.5 Å². The first-order valence-corrected chi connectivity index (χ1v) is 15.2. The Morgan fingerprint density at radius 3 is 2.24 bits per heavy atom. The molecule has 0 bridgehead atoms. The van der Waals surface area contributed by atoms with E-state index in [0.29, 0.717) is 23.7 Å². The number of nitrogens with zero attached hydrogens (tertiary/aromatic N) is 2. The van der Waals surface area contributed by atoms with Crippen LogP contribution in [0.15, 0.2) is 47.4 Å². The molecule has 0 saturated heterocycles. The van der Waals surface area contributed by atoms with Crippen LogP contribution in [-0.4, -0.2) is 59.0 Å². The summed E-state index contributed by atoms with van der Waals surface area (Å²) < 4.78 is 17.1. The molecule has 0 unspecified atom stereocenters. The topological polar surface area (TPSA) is 121 Å². The summed E-state index contributed by atoms with van der Waals surface area (Å²) in [7, 11) is 3.75. The number of aromatic nitrogens is 1. The highest BCUT2D eigenvalue weighted by molar-refractivity contribution is 6.30. The third-order valence-electron chi connectivity index (χ3n) is 7.52. The Labute approximate surface area is 268 Å². The lowest BCUT2D eigenvalue weighted by Crippen LogP contribution is -2.49. The molecule has 0 fully saturated rings. The van der Waals surface area contributed by atoms with E-state index in [1.807, 2.05) is 46.7 Å². The number of carbonyl (C=O) groups is 3. The molecule has 3 N–H and O–H groups in total. The molecule has 0 aliphatic heterocycles. The number of halogens is 2. The monoisotopic (exact) mass is 640 g/mol. The van der Waals surface area contributed by atoms with Crippen molar-refractivity contribution in [1.82, 2.24) is 20.1 Å². The van der Waals surface area contributed by atoms with Crippen molar-refractivity contribution in [2.24, 2.45) is 5.92 Å². The number of rotatable bonds is 13. The Morgan fingerprint density at radius 2 is 1.67 bits per heavy atom. The van der Waals surface area contributed by atoms with Gasteiger partial charge in [-0.15, -0.1) is 0 Å². The molecule has 2 aromatic carbocycles. The third kappa shape index (κ3) is 9.25. The lowest BCUT2D eigenvalue weighted by molar-refractivity contribution is -0.137. The first-order chi connectivity index (χ1) is 21.1. The number of hydrogen-bond acceptors (Lipinski definition) is 5.